The van der Waals surface area contributed by atoms with E-state index in [-0.39, 0.29) is 0 Å². The highest BCUT2D eigenvalue weighted by Crippen LogP contribution is 2.25. The highest BCUT2D eigenvalue weighted by atomic mass is 35.5. The molecule has 0 aliphatic rings. The smallest absolute Gasteiger partial charge is 0.346 e. The summed E-state index contributed by atoms with van der Waals surface area (Å²) in [4.78, 5) is 20.0. The Kier molecular flexibility index (Phi) is 5.00. The quantitative estimate of drug-likeness (QED) is 0.642. The molecular formula is C18H15ClN2O4. The van der Waals surface area contributed by atoms with Crippen molar-refractivity contribution >= 4 is 28.6 Å². The third-order valence-electron chi connectivity index (χ3n) is 3.37. The SMILES string of the molecule is COC(=O)C(C)Oc1ccc(Oc2cnc3ccc(Cl)cc3n2)cc1. The number of hydrogen-bond donors (Lipinski definition) is 0. The molecule has 2 aromatic carbocycles. The van der Waals surface area contributed by atoms with Crippen molar-refractivity contribution in [1.29, 1.82) is 0 Å². The lowest BCUT2D eigenvalue weighted by atomic mass is 10.3. The largest absolute Gasteiger partial charge is 0.479 e. The van der Waals surface area contributed by atoms with Crippen molar-refractivity contribution in [2.75, 3.05) is 7.11 Å². The van der Waals surface area contributed by atoms with E-state index in [4.69, 9.17) is 21.1 Å². The Bertz CT molecular complexity index is 899. The summed E-state index contributed by atoms with van der Waals surface area (Å²) in [5, 5.41) is 0.583. The van der Waals surface area contributed by atoms with Crippen molar-refractivity contribution in [3.05, 3.63) is 53.7 Å². The molecule has 25 heavy (non-hydrogen) atoms. The molecule has 3 rings (SSSR count). The van der Waals surface area contributed by atoms with Gasteiger partial charge in [0, 0.05) is 5.02 Å². The van der Waals surface area contributed by atoms with Crippen LogP contribution in [0.3, 0.4) is 0 Å². The number of halogens is 1. The van der Waals surface area contributed by atoms with Crippen LogP contribution in [0.15, 0.2) is 48.7 Å². The number of hydrogen-bond acceptors (Lipinski definition) is 6. The van der Waals surface area contributed by atoms with Crippen molar-refractivity contribution in [3.63, 3.8) is 0 Å². The summed E-state index contributed by atoms with van der Waals surface area (Å²) in [5.74, 6) is 1.01. The van der Waals surface area contributed by atoms with E-state index in [1.54, 1.807) is 55.6 Å². The summed E-state index contributed by atoms with van der Waals surface area (Å²) in [5.41, 5.74) is 1.38. The maximum atomic E-state index is 11.4. The van der Waals surface area contributed by atoms with Crippen LogP contribution in [0.5, 0.6) is 17.4 Å². The van der Waals surface area contributed by atoms with Gasteiger partial charge in [-0.3, -0.25) is 0 Å². The first kappa shape index (κ1) is 17.0. The second kappa shape index (κ2) is 7.36. The van der Waals surface area contributed by atoms with Gasteiger partial charge in [0.2, 0.25) is 5.88 Å². The van der Waals surface area contributed by atoms with Crippen LogP contribution in [0.4, 0.5) is 0 Å². The van der Waals surface area contributed by atoms with Crippen LogP contribution >= 0.6 is 11.6 Å². The van der Waals surface area contributed by atoms with Crippen molar-refractivity contribution in [1.82, 2.24) is 9.97 Å². The molecule has 0 radical (unpaired) electrons. The molecule has 0 bridgehead atoms. The predicted molar refractivity (Wildman–Crippen MR) is 93.2 cm³/mol. The van der Waals surface area contributed by atoms with E-state index in [1.807, 2.05) is 0 Å². The minimum absolute atomic E-state index is 0.353. The van der Waals surface area contributed by atoms with Crippen molar-refractivity contribution in [2.24, 2.45) is 0 Å². The zero-order valence-electron chi connectivity index (χ0n) is 13.6. The van der Waals surface area contributed by atoms with Gasteiger partial charge in [-0.1, -0.05) is 11.6 Å². The second-order valence-corrected chi connectivity index (χ2v) is 5.63. The van der Waals surface area contributed by atoms with Crippen molar-refractivity contribution in [3.8, 4) is 17.4 Å². The summed E-state index contributed by atoms with van der Waals surface area (Å²) >= 11 is 5.97. The fourth-order valence-electron chi connectivity index (χ4n) is 2.14. The highest BCUT2D eigenvalue weighted by molar-refractivity contribution is 6.31. The number of fused-ring (bicyclic) bond motifs is 1. The normalized spacial score (nSPS) is 11.8. The molecule has 1 aromatic heterocycles. The van der Waals surface area contributed by atoms with E-state index in [9.17, 15) is 4.79 Å². The summed E-state index contributed by atoms with van der Waals surface area (Å²) in [6.07, 6.45) is 0.854. The van der Waals surface area contributed by atoms with Crippen molar-refractivity contribution in [2.45, 2.75) is 13.0 Å². The zero-order valence-corrected chi connectivity index (χ0v) is 14.4. The molecule has 7 heteroatoms. The Morgan fingerprint density at radius 1 is 1.08 bits per heavy atom. The maximum Gasteiger partial charge on any atom is 0.346 e. The molecule has 1 atom stereocenters. The van der Waals surface area contributed by atoms with E-state index in [0.717, 1.165) is 5.52 Å². The fraction of sp³-hybridized carbons (Fsp3) is 0.167. The Labute approximate surface area is 149 Å². The molecule has 3 aromatic rings. The summed E-state index contributed by atoms with van der Waals surface area (Å²) in [6, 6.07) is 12.1. The molecule has 128 valence electrons. The van der Waals surface area contributed by atoms with E-state index in [2.05, 4.69) is 14.7 Å². The van der Waals surface area contributed by atoms with Gasteiger partial charge in [0.25, 0.3) is 0 Å². The summed E-state index contributed by atoms with van der Waals surface area (Å²) in [6.45, 7) is 1.62. The minimum atomic E-state index is -0.687. The number of rotatable bonds is 5. The number of methoxy groups -OCH3 is 1. The number of ether oxygens (including phenoxy) is 3. The Balaban J connectivity index is 1.72. The molecule has 0 aliphatic carbocycles. The van der Waals surface area contributed by atoms with Crippen molar-refractivity contribution < 1.29 is 19.0 Å². The average Bonchev–Trinajstić information content (AvgIpc) is 2.62. The van der Waals surface area contributed by atoms with E-state index in [0.29, 0.717) is 27.9 Å². The lowest BCUT2D eigenvalue weighted by molar-refractivity contribution is -0.147. The monoisotopic (exact) mass is 358 g/mol. The third-order valence-corrected chi connectivity index (χ3v) is 3.61. The molecule has 6 nitrogen and oxygen atoms in total. The molecule has 0 saturated heterocycles. The Morgan fingerprint density at radius 2 is 1.80 bits per heavy atom. The summed E-state index contributed by atoms with van der Waals surface area (Å²) in [7, 11) is 1.32. The highest BCUT2D eigenvalue weighted by Gasteiger charge is 2.14. The van der Waals surface area contributed by atoms with Crippen LogP contribution in [0.1, 0.15) is 6.92 Å². The van der Waals surface area contributed by atoms with Crippen LogP contribution in [0, 0.1) is 0 Å². The fourth-order valence-corrected chi connectivity index (χ4v) is 2.31. The number of carbonyl (C=O) groups excluding carboxylic acids is 1. The lowest BCUT2D eigenvalue weighted by Crippen LogP contribution is -2.24. The zero-order chi connectivity index (χ0) is 17.8. The number of nitrogens with zero attached hydrogens (tertiary/aromatic N) is 2. The van der Waals surface area contributed by atoms with Gasteiger partial charge in [-0.05, 0) is 49.4 Å². The first-order valence-corrected chi connectivity index (χ1v) is 7.87. The number of aromatic nitrogens is 2. The van der Waals surface area contributed by atoms with Crippen LogP contribution in [0.2, 0.25) is 5.02 Å². The van der Waals surface area contributed by atoms with Crippen LogP contribution in [0.25, 0.3) is 11.0 Å². The lowest BCUT2D eigenvalue weighted by Gasteiger charge is -2.12. The van der Waals surface area contributed by atoms with E-state index >= 15 is 0 Å². The number of carbonyl (C=O) groups is 1. The van der Waals surface area contributed by atoms with Gasteiger partial charge >= 0.3 is 5.97 Å². The van der Waals surface area contributed by atoms with Gasteiger partial charge in [0.1, 0.15) is 11.5 Å². The summed E-state index contributed by atoms with van der Waals surface area (Å²) < 4.78 is 15.8. The first-order chi connectivity index (χ1) is 12.0. The molecule has 0 fully saturated rings. The average molecular weight is 359 g/mol. The molecule has 0 saturated carbocycles. The molecule has 0 spiro atoms. The van der Waals surface area contributed by atoms with E-state index in [1.165, 1.54) is 7.11 Å². The second-order valence-electron chi connectivity index (χ2n) is 5.20. The molecule has 0 N–H and O–H groups in total. The van der Waals surface area contributed by atoms with Gasteiger partial charge in [0.05, 0.1) is 24.3 Å². The Morgan fingerprint density at radius 3 is 2.52 bits per heavy atom. The standard InChI is InChI=1S/C18H15ClN2O4/c1-11(18(22)23-2)24-13-4-6-14(7-5-13)25-17-10-20-15-8-3-12(19)9-16(15)21-17/h3-11H,1-2H3. The predicted octanol–water partition coefficient (Wildman–Crippen LogP) is 4.02. The third kappa shape index (κ3) is 4.16. The maximum absolute atomic E-state index is 11.4. The number of esters is 1. The van der Waals surface area contributed by atoms with Crippen LogP contribution in [-0.2, 0) is 9.53 Å². The van der Waals surface area contributed by atoms with Gasteiger partial charge in [-0.15, -0.1) is 0 Å². The molecule has 0 amide bonds. The first-order valence-electron chi connectivity index (χ1n) is 7.50. The Hall–Kier alpha value is -2.86. The van der Waals surface area contributed by atoms with Gasteiger partial charge < -0.3 is 14.2 Å². The van der Waals surface area contributed by atoms with Crippen LogP contribution < -0.4 is 9.47 Å². The molecule has 1 heterocycles. The van der Waals surface area contributed by atoms with Crippen LogP contribution in [-0.4, -0.2) is 29.2 Å². The topological polar surface area (TPSA) is 70.5 Å². The minimum Gasteiger partial charge on any atom is -0.479 e. The molecule has 0 aliphatic heterocycles. The number of benzene rings is 2. The van der Waals surface area contributed by atoms with Gasteiger partial charge in [-0.25, -0.2) is 14.8 Å². The van der Waals surface area contributed by atoms with Gasteiger partial charge in [-0.2, -0.15) is 0 Å². The molecule has 1 unspecified atom stereocenters. The van der Waals surface area contributed by atoms with E-state index < -0.39 is 12.1 Å². The molecular weight excluding hydrogens is 344 g/mol. The van der Waals surface area contributed by atoms with Gasteiger partial charge in [0.15, 0.2) is 6.10 Å².